The van der Waals surface area contributed by atoms with Crippen LogP contribution in [-0.2, 0) is 7.05 Å². The maximum atomic E-state index is 13.1. The number of halogens is 1. The summed E-state index contributed by atoms with van der Waals surface area (Å²) in [5, 5.41) is 3.45. The monoisotopic (exact) mass is 329 g/mol. The predicted molar refractivity (Wildman–Crippen MR) is 93.4 cm³/mol. The average molecular weight is 329 g/mol. The Bertz CT molecular complexity index is 700. The van der Waals surface area contributed by atoms with Gasteiger partial charge in [0.2, 0.25) is 0 Å². The van der Waals surface area contributed by atoms with Crippen LogP contribution in [0.4, 0.5) is 4.39 Å². The number of rotatable bonds is 4. The van der Waals surface area contributed by atoms with E-state index in [9.17, 15) is 9.18 Å². The highest BCUT2D eigenvalue weighted by Gasteiger charge is 2.25. The zero-order valence-electron chi connectivity index (χ0n) is 14.3. The Morgan fingerprint density at radius 3 is 2.46 bits per heavy atom. The number of benzene rings is 1. The molecule has 0 unspecified atom stereocenters. The summed E-state index contributed by atoms with van der Waals surface area (Å²) in [6.45, 7) is 4.65. The van der Waals surface area contributed by atoms with Gasteiger partial charge in [0, 0.05) is 31.9 Å². The van der Waals surface area contributed by atoms with Gasteiger partial charge in [-0.15, -0.1) is 0 Å². The molecule has 2 heterocycles. The first-order chi connectivity index (χ1) is 11.6. The molecule has 1 aromatic carbocycles. The summed E-state index contributed by atoms with van der Waals surface area (Å²) in [7, 11) is 1.89. The number of aromatic nitrogens is 1. The van der Waals surface area contributed by atoms with E-state index in [-0.39, 0.29) is 11.7 Å². The second-order valence-electron chi connectivity index (χ2n) is 6.29. The van der Waals surface area contributed by atoms with Gasteiger partial charge in [0.1, 0.15) is 11.5 Å². The van der Waals surface area contributed by atoms with Crippen molar-refractivity contribution in [1.29, 1.82) is 0 Å². The average Bonchev–Trinajstić information content (AvgIpc) is 2.97. The van der Waals surface area contributed by atoms with E-state index in [2.05, 4.69) is 12.2 Å². The zero-order valence-corrected chi connectivity index (χ0v) is 14.3. The normalized spacial score (nSPS) is 15.7. The van der Waals surface area contributed by atoms with Crippen LogP contribution in [0.15, 0.2) is 36.4 Å². The molecule has 5 heteroatoms. The Morgan fingerprint density at radius 2 is 1.83 bits per heavy atom. The van der Waals surface area contributed by atoms with Crippen LogP contribution in [-0.4, -0.2) is 41.1 Å². The van der Waals surface area contributed by atoms with E-state index < -0.39 is 0 Å². The Labute approximate surface area is 142 Å². The van der Waals surface area contributed by atoms with Crippen molar-refractivity contribution in [2.24, 2.45) is 7.05 Å². The highest BCUT2D eigenvalue weighted by molar-refractivity contribution is 5.94. The van der Waals surface area contributed by atoms with Crippen molar-refractivity contribution < 1.29 is 9.18 Å². The zero-order chi connectivity index (χ0) is 17.1. The maximum Gasteiger partial charge on any atom is 0.270 e. The first kappa shape index (κ1) is 16.7. The lowest BCUT2D eigenvalue weighted by molar-refractivity contribution is 0.0696. The van der Waals surface area contributed by atoms with Crippen molar-refractivity contribution in [1.82, 2.24) is 14.8 Å². The molecule has 0 bridgehead atoms. The van der Waals surface area contributed by atoms with E-state index in [4.69, 9.17) is 0 Å². The Hall–Kier alpha value is -2.14. The molecule has 1 saturated heterocycles. The summed E-state index contributed by atoms with van der Waals surface area (Å²) in [5.41, 5.74) is 2.50. The maximum absolute atomic E-state index is 13.1. The second-order valence-corrected chi connectivity index (χ2v) is 6.29. The minimum atomic E-state index is -0.257. The molecule has 0 radical (unpaired) electrons. The molecule has 1 N–H and O–H groups in total. The third-order valence-corrected chi connectivity index (χ3v) is 4.76. The number of likely N-dealkylation sites (tertiary alicyclic amines) is 1. The molecule has 1 aromatic heterocycles. The van der Waals surface area contributed by atoms with Gasteiger partial charge in [0.15, 0.2) is 0 Å². The molecule has 0 atom stereocenters. The number of nitrogens with one attached hydrogen (secondary N) is 1. The van der Waals surface area contributed by atoms with Crippen molar-refractivity contribution >= 4 is 5.91 Å². The van der Waals surface area contributed by atoms with Crippen LogP contribution >= 0.6 is 0 Å². The molecule has 1 aliphatic heterocycles. The molecule has 128 valence electrons. The molecule has 1 fully saturated rings. The number of hydrogen-bond donors (Lipinski definition) is 1. The van der Waals surface area contributed by atoms with Crippen LogP contribution in [0.25, 0.3) is 11.3 Å². The van der Waals surface area contributed by atoms with E-state index in [0.29, 0.717) is 11.7 Å². The van der Waals surface area contributed by atoms with Crippen molar-refractivity contribution in [2.75, 3.05) is 19.6 Å². The molecule has 0 saturated carbocycles. The lowest BCUT2D eigenvalue weighted by Crippen LogP contribution is -2.45. The summed E-state index contributed by atoms with van der Waals surface area (Å²) < 4.78 is 15.0. The third-order valence-electron chi connectivity index (χ3n) is 4.76. The smallest absolute Gasteiger partial charge is 0.270 e. The summed E-state index contributed by atoms with van der Waals surface area (Å²) in [5.74, 6) is -0.186. The van der Waals surface area contributed by atoms with Crippen LogP contribution < -0.4 is 5.32 Å². The molecule has 0 spiro atoms. The molecular formula is C19H24FN3O. The van der Waals surface area contributed by atoms with Crippen LogP contribution in [0, 0.1) is 5.82 Å². The van der Waals surface area contributed by atoms with Crippen LogP contribution in [0.3, 0.4) is 0 Å². The first-order valence-corrected chi connectivity index (χ1v) is 8.54. The van der Waals surface area contributed by atoms with Gasteiger partial charge < -0.3 is 14.8 Å². The van der Waals surface area contributed by atoms with Gasteiger partial charge in [-0.3, -0.25) is 4.79 Å². The fourth-order valence-corrected chi connectivity index (χ4v) is 3.37. The molecule has 1 amide bonds. The largest absolute Gasteiger partial charge is 0.340 e. The second kappa shape index (κ2) is 7.18. The summed E-state index contributed by atoms with van der Waals surface area (Å²) in [4.78, 5) is 14.7. The van der Waals surface area contributed by atoms with Crippen LogP contribution in [0.5, 0.6) is 0 Å². The van der Waals surface area contributed by atoms with Crippen molar-refractivity contribution in [3.8, 4) is 11.3 Å². The summed E-state index contributed by atoms with van der Waals surface area (Å²) in [6, 6.07) is 10.7. The quantitative estimate of drug-likeness (QED) is 0.936. The van der Waals surface area contributed by atoms with Gasteiger partial charge in [-0.25, -0.2) is 4.39 Å². The number of piperidine rings is 1. The van der Waals surface area contributed by atoms with E-state index in [1.54, 1.807) is 12.1 Å². The first-order valence-electron chi connectivity index (χ1n) is 8.54. The topological polar surface area (TPSA) is 37.3 Å². The lowest BCUT2D eigenvalue weighted by atomic mass is 10.0. The van der Waals surface area contributed by atoms with Gasteiger partial charge in [-0.1, -0.05) is 6.92 Å². The minimum Gasteiger partial charge on any atom is -0.340 e. The van der Waals surface area contributed by atoms with Crippen LogP contribution in [0.1, 0.15) is 30.3 Å². The number of nitrogens with zero attached hydrogens (tertiary/aromatic N) is 2. The van der Waals surface area contributed by atoms with E-state index in [0.717, 1.165) is 43.7 Å². The molecule has 24 heavy (non-hydrogen) atoms. The van der Waals surface area contributed by atoms with Gasteiger partial charge in [0.25, 0.3) is 5.91 Å². The fourth-order valence-electron chi connectivity index (χ4n) is 3.37. The van der Waals surface area contributed by atoms with E-state index >= 15 is 0 Å². The van der Waals surface area contributed by atoms with Gasteiger partial charge in [0.05, 0.1) is 0 Å². The van der Waals surface area contributed by atoms with Gasteiger partial charge in [-0.05, 0) is 61.3 Å². The highest BCUT2D eigenvalue weighted by atomic mass is 19.1. The summed E-state index contributed by atoms with van der Waals surface area (Å²) >= 11 is 0. The van der Waals surface area contributed by atoms with E-state index in [1.165, 1.54) is 12.1 Å². The van der Waals surface area contributed by atoms with Crippen LogP contribution in [0.2, 0.25) is 0 Å². The minimum absolute atomic E-state index is 0.0702. The van der Waals surface area contributed by atoms with Gasteiger partial charge in [-0.2, -0.15) is 0 Å². The number of carbonyl (C=O) groups is 1. The van der Waals surface area contributed by atoms with Crippen molar-refractivity contribution in [3.05, 3.63) is 47.9 Å². The third kappa shape index (κ3) is 3.36. The lowest BCUT2D eigenvalue weighted by Gasteiger charge is -2.32. The highest BCUT2D eigenvalue weighted by Crippen LogP contribution is 2.23. The predicted octanol–water partition coefficient (Wildman–Crippen LogP) is 3.05. The Balaban J connectivity index is 1.74. The number of amides is 1. The van der Waals surface area contributed by atoms with Gasteiger partial charge >= 0.3 is 0 Å². The molecular weight excluding hydrogens is 305 g/mol. The molecule has 0 aliphatic carbocycles. The molecule has 4 nitrogen and oxygen atoms in total. The standard InChI is InChI=1S/C19H24FN3O/c1-3-21-16-10-12-23(13-11-16)19(24)18-9-8-17(22(18)2)14-4-6-15(20)7-5-14/h4-9,16,21H,3,10-13H2,1-2H3. The SMILES string of the molecule is CCNC1CCN(C(=O)c2ccc(-c3ccc(F)cc3)n2C)CC1. The molecule has 1 aliphatic rings. The Kier molecular flexibility index (Phi) is 5.00. The molecule has 2 aromatic rings. The number of carbonyl (C=O) groups excluding carboxylic acids is 1. The fraction of sp³-hybridized carbons (Fsp3) is 0.421. The molecule has 3 rings (SSSR count). The van der Waals surface area contributed by atoms with E-state index in [1.807, 2.05) is 28.6 Å². The van der Waals surface area contributed by atoms with Crippen molar-refractivity contribution in [2.45, 2.75) is 25.8 Å². The van der Waals surface area contributed by atoms with Crippen molar-refractivity contribution in [3.63, 3.8) is 0 Å². The Morgan fingerprint density at radius 1 is 1.17 bits per heavy atom. The number of hydrogen-bond acceptors (Lipinski definition) is 2. The summed E-state index contributed by atoms with van der Waals surface area (Å²) in [6.07, 6.45) is 1.99.